The number of benzene rings is 1. The third-order valence-electron chi connectivity index (χ3n) is 4.28. The predicted octanol–water partition coefficient (Wildman–Crippen LogP) is 3.52. The third-order valence-corrected chi connectivity index (χ3v) is 4.92. The number of nitrogens with zero attached hydrogens (tertiary/aromatic N) is 2. The Bertz CT molecular complexity index is 626. The highest BCUT2D eigenvalue weighted by Gasteiger charge is 2.19. The minimum Gasteiger partial charge on any atom is -0.383 e. The van der Waals surface area contributed by atoms with Crippen molar-refractivity contribution in [2.45, 2.75) is 18.9 Å². The average molecular weight is 364 g/mol. The summed E-state index contributed by atoms with van der Waals surface area (Å²) in [6.45, 7) is 4.12. The van der Waals surface area contributed by atoms with E-state index in [4.69, 9.17) is 4.74 Å². The van der Waals surface area contributed by atoms with Gasteiger partial charge in [-0.1, -0.05) is 12.1 Å². The Morgan fingerprint density at radius 1 is 1.32 bits per heavy atom. The fraction of sp³-hybridized carbons (Fsp3) is 0.471. The third kappa shape index (κ3) is 3.59. The number of rotatable bonds is 5. The zero-order valence-corrected chi connectivity index (χ0v) is 14.5. The van der Waals surface area contributed by atoms with Crippen LogP contribution in [0, 0.1) is 0 Å². The minimum absolute atomic E-state index is 0.531. The summed E-state index contributed by atoms with van der Waals surface area (Å²) >= 11 is 3.58. The summed E-state index contributed by atoms with van der Waals surface area (Å²) in [5.74, 6) is 0. The number of hydrogen-bond donors (Lipinski definition) is 1. The SMILES string of the molecule is COCCN1CCC(Nc2ccnc3c(Br)cccc23)CC1. The lowest BCUT2D eigenvalue weighted by molar-refractivity contribution is 0.132. The number of ether oxygens (including phenoxy) is 1. The normalized spacial score (nSPS) is 17.0. The van der Waals surface area contributed by atoms with Gasteiger partial charge in [-0.15, -0.1) is 0 Å². The standard InChI is InChI=1S/C17H22BrN3O/c1-22-12-11-21-9-6-13(7-10-21)20-16-5-8-19-17-14(16)3-2-4-15(17)18/h2-5,8,13H,6-7,9-12H2,1H3,(H,19,20). The van der Waals surface area contributed by atoms with Crippen molar-refractivity contribution in [1.29, 1.82) is 0 Å². The number of hydrogen-bond acceptors (Lipinski definition) is 4. The molecule has 2 aromatic rings. The molecule has 0 unspecified atom stereocenters. The lowest BCUT2D eigenvalue weighted by Crippen LogP contribution is -2.40. The first kappa shape index (κ1) is 15.7. The van der Waals surface area contributed by atoms with Gasteiger partial charge in [-0.2, -0.15) is 0 Å². The van der Waals surface area contributed by atoms with Crippen molar-refractivity contribution < 1.29 is 4.74 Å². The lowest BCUT2D eigenvalue weighted by Gasteiger charge is -2.32. The molecule has 1 aromatic heterocycles. The highest BCUT2D eigenvalue weighted by Crippen LogP contribution is 2.28. The van der Waals surface area contributed by atoms with Gasteiger partial charge in [-0.05, 0) is 40.9 Å². The van der Waals surface area contributed by atoms with Crippen molar-refractivity contribution in [3.63, 3.8) is 0 Å². The molecule has 1 aliphatic heterocycles. The number of pyridine rings is 1. The van der Waals surface area contributed by atoms with E-state index in [-0.39, 0.29) is 0 Å². The summed E-state index contributed by atoms with van der Waals surface area (Å²) in [7, 11) is 1.76. The van der Waals surface area contributed by atoms with Crippen LogP contribution in [-0.4, -0.2) is 49.3 Å². The maximum Gasteiger partial charge on any atom is 0.0864 e. The van der Waals surface area contributed by atoms with Crippen molar-refractivity contribution in [1.82, 2.24) is 9.88 Å². The highest BCUT2D eigenvalue weighted by atomic mass is 79.9. The Morgan fingerprint density at radius 2 is 2.14 bits per heavy atom. The number of halogens is 1. The molecule has 5 heteroatoms. The van der Waals surface area contributed by atoms with Gasteiger partial charge in [0.25, 0.3) is 0 Å². The second kappa shape index (κ2) is 7.40. The second-order valence-corrected chi connectivity index (χ2v) is 6.60. The summed E-state index contributed by atoms with van der Waals surface area (Å²) in [5.41, 5.74) is 2.20. The molecule has 0 radical (unpaired) electrons. The fourth-order valence-electron chi connectivity index (χ4n) is 3.01. The van der Waals surface area contributed by atoms with Gasteiger partial charge in [0.15, 0.2) is 0 Å². The van der Waals surface area contributed by atoms with E-state index in [0.717, 1.165) is 36.2 Å². The van der Waals surface area contributed by atoms with Gasteiger partial charge in [0, 0.05) is 54.5 Å². The molecule has 1 aromatic carbocycles. The Kier molecular flexibility index (Phi) is 5.28. The molecule has 0 aliphatic carbocycles. The molecule has 2 heterocycles. The molecule has 1 N–H and O–H groups in total. The summed E-state index contributed by atoms with van der Waals surface area (Å²) in [6, 6.07) is 8.83. The maximum atomic E-state index is 5.16. The van der Waals surface area contributed by atoms with Crippen molar-refractivity contribution >= 4 is 32.5 Å². The van der Waals surface area contributed by atoms with E-state index in [2.05, 4.69) is 49.3 Å². The summed E-state index contributed by atoms with van der Waals surface area (Å²) < 4.78 is 6.20. The summed E-state index contributed by atoms with van der Waals surface area (Å²) in [6.07, 6.45) is 4.21. The molecule has 0 spiro atoms. The Labute approximate surface area is 140 Å². The van der Waals surface area contributed by atoms with E-state index in [1.807, 2.05) is 12.3 Å². The zero-order valence-electron chi connectivity index (χ0n) is 12.9. The molecule has 0 saturated carbocycles. The van der Waals surface area contributed by atoms with Crippen LogP contribution >= 0.6 is 15.9 Å². The quantitative estimate of drug-likeness (QED) is 0.881. The first-order chi connectivity index (χ1) is 10.8. The van der Waals surface area contributed by atoms with Crippen LogP contribution in [0.15, 0.2) is 34.9 Å². The van der Waals surface area contributed by atoms with Crippen LogP contribution in [0.25, 0.3) is 10.9 Å². The molecule has 1 fully saturated rings. The zero-order chi connectivity index (χ0) is 15.4. The molecule has 0 bridgehead atoms. The number of fused-ring (bicyclic) bond motifs is 1. The van der Waals surface area contributed by atoms with E-state index in [1.54, 1.807) is 7.11 Å². The molecule has 118 valence electrons. The number of likely N-dealkylation sites (tertiary alicyclic amines) is 1. The van der Waals surface area contributed by atoms with Crippen LogP contribution in [0.5, 0.6) is 0 Å². The Balaban J connectivity index is 1.66. The number of para-hydroxylation sites is 1. The van der Waals surface area contributed by atoms with Gasteiger partial charge >= 0.3 is 0 Å². The van der Waals surface area contributed by atoms with Gasteiger partial charge in [-0.25, -0.2) is 0 Å². The molecule has 0 amide bonds. The molecular weight excluding hydrogens is 342 g/mol. The lowest BCUT2D eigenvalue weighted by atomic mass is 10.0. The maximum absolute atomic E-state index is 5.16. The number of aromatic nitrogens is 1. The Hall–Kier alpha value is -1.17. The molecule has 22 heavy (non-hydrogen) atoms. The average Bonchev–Trinajstić information content (AvgIpc) is 2.55. The molecule has 3 rings (SSSR count). The van der Waals surface area contributed by atoms with Crippen LogP contribution in [0.4, 0.5) is 5.69 Å². The summed E-state index contributed by atoms with van der Waals surface area (Å²) in [5, 5.41) is 4.89. The summed E-state index contributed by atoms with van der Waals surface area (Å²) in [4.78, 5) is 6.95. The van der Waals surface area contributed by atoms with Crippen LogP contribution in [0.1, 0.15) is 12.8 Å². The molecular formula is C17H22BrN3O. The number of anilines is 1. The highest BCUT2D eigenvalue weighted by molar-refractivity contribution is 9.10. The minimum atomic E-state index is 0.531. The van der Waals surface area contributed by atoms with Crippen molar-refractivity contribution in [2.24, 2.45) is 0 Å². The van der Waals surface area contributed by atoms with Crippen LogP contribution < -0.4 is 5.32 Å². The van der Waals surface area contributed by atoms with Crippen LogP contribution in [0.2, 0.25) is 0 Å². The molecule has 1 aliphatic rings. The Morgan fingerprint density at radius 3 is 2.91 bits per heavy atom. The van der Waals surface area contributed by atoms with Gasteiger partial charge in [0.1, 0.15) is 0 Å². The first-order valence-electron chi connectivity index (χ1n) is 7.79. The van der Waals surface area contributed by atoms with Gasteiger partial charge in [0.2, 0.25) is 0 Å². The van der Waals surface area contributed by atoms with E-state index < -0.39 is 0 Å². The second-order valence-electron chi connectivity index (χ2n) is 5.75. The predicted molar refractivity (Wildman–Crippen MR) is 94.4 cm³/mol. The first-order valence-corrected chi connectivity index (χ1v) is 8.58. The van der Waals surface area contributed by atoms with Crippen LogP contribution in [0.3, 0.4) is 0 Å². The van der Waals surface area contributed by atoms with Crippen LogP contribution in [-0.2, 0) is 4.74 Å². The van der Waals surface area contributed by atoms with Gasteiger partial charge < -0.3 is 15.0 Å². The van der Waals surface area contributed by atoms with E-state index in [9.17, 15) is 0 Å². The molecule has 4 nitrogen and oxygen atoms in total. The topological polar surface area (TPSA) is 37.4 Å². The number of nitrogens with one attached hydrogen (secondary N) is 1. The van der Waals surface area contributed by atoms with Crippen molar-refractivity contribution in [2.75, 3.05) is 38.7 Å². The number of methoxy groups -OCH3 is 1. The molecule has 0 atom stereocenters. The van der Waals surface area contributed by atoms with Gasteiger partial charge in [-0.3, -0.25) is 4.98 Å². The van der Waals surface area contributed by atoms with E-state index in [1.165, 1.54) is 23.9 Å². The molecule has 1 saturated heterocycles. The van der Waals surface area contributed by atoms with E-state index in [0.29, 0.717) is 6.04 Å². The van der Waals surface area contributed by atoms with Gasteiger partial charge in [0.05, 0.1) is 12.1 Å². The smallest absolute Gasteiger partial charge is 0.0864 e. The van der Waals surface area contributed by atoms with Crippen molar-refractivity contribution in [3.05, 3.63) is 34.9 Å². The monoisotopic (exact) mass is 363 g/mol. The number of piperidine rings is 1. The van der Waals surface area contributed by atoms with E-state index >= 15 is 0 Å². The fourth-order valence-corrected chi connectivity index (χ4v) is 3.48. The largest absolute Gasteiger partial charge is 0.383 e. The van der Waals surface area contributed by atoms with Crippen molar-refractivity contribution in [3.8, 4) is 0 Å².